The molecular formula is C11H20Cl2N6O. The third-order valence-electron chi connectivity index (χ3n) is 2.57. The Kier molecular flexibility index (Phi) is 8.21. The van der Waals surface area contributed by atoms with E-state index in [1.807, 2.05) is 0 Å². The molecule has 20 heavy (non-hydrogen) atoms. The minimum atomic E-state index is -0.459. The molecular weight excluding hydrogens is 303 g/mol. The van der Waals surface area contributed by atoms with Crippen molar-refractivity contribution in [2.24, 2.45) is 5.73 Å². The molecule has 114 valence electrons. The number of unbranched alkanes of at least 4 members (excludes halogenated alkanes) is 1. The molecule has 1 atom stereocenters. The fourth-order valence-electron chi connectivity index (χ4n) is 1.48. The summed E-state index contributed by atoms with van der Waals surface area (Å²) in [6, 6.07) is -0.0951. The molecule has 0 aliphatic carbocycles. The average molecular weight is 323 g/mol. The highest BCUT2D eigenvalue weighted by atomic mass is 35.5. The van der Waals surface area contributed by atoms with Gasteiger partial charge >= 0.3 is 0 Å². The number of hydrogen-bond acceptors (Lipinski definition) is 6. The molecule has 1 amide bonds. The lowest BCUT2D eigenvalue weighted by molar-refractivity contribution is 0.0946. The molecule has 1 aromatic heterocycles. The van der Waals surface area contributed by atoms with E-state index in [4.69, 9.17) is 28.8 Å². The zero-order chi connectivity index (χ0) is 14.4. The standard InChI is InChI=1S/C11H19ClN6O.ClH/c1-2-3-4-6(13)5-16-11(19)7-9(14)18-10(15)8(12)17-7;/h6H,2-5,13H2,1H3,(H,16,19)(H4,14,15,18);1H/t6-;/m0./s1. The van der Waals surface area contributed by atoms with Crippen molar-refractivity contribution in [1.82, 2.24) is 15.3 Å². The highest BCUT2D eigenvalue weighted by Gasteiger charge is 2.16. The monoisotopic (exact) mass is 322 g/mol. The van der Waals surface area contributed by atoms with Crippen LogP contribution in [-0.4, -0.2) is 28.5 Å². The maximum absolute atomic E-state index is 11.9. The highest BCUT2D eigenvalue weighted by Crippen LogP contribution is 2.17. The minimum absolute atomic E-state index is 0. The number of nitrogens with two attached hydrogens (primary N) is 3. The number of amides is 1. The van der Waals surface area contributed by atoms with Gasteiger partial charge in [0.15, 0.2) is 22.5 Å². The number of nitrogens with zero attached hydrogens (tertiary/aromatic N) is 2. The van der Waals surface area contributed by atoms with Crippen LogP contribution in [0.2, 0.25) is 5.15 Å². The maximum Gasteiger partial charge on any atom is 0.273 e. The molecule has 1 rings (SSSR count). The molecule has 9 heteroatoms. The van der Waals surface area contributed by atoms with Gasteiger partial charge in [-0.15, -0.1) is 12.4 Å². The molecule has 0 aliphatic rings. The Morgan fingerprint density at radius 1 is 1.35 bits per heavy atom. The summed E-state index contributed by atoms with van der Waals surface area (Å²) in [5.41, 5.74) is 16.8. The SMILES string of the molecule is CCCC[C@H](N)CNC(=O)c1nc(Cl)c(N)nc1N.Cl. The fourth-order valence-corrected chi connectivity index (χ4v) is 1.61. The summed E-state index contributed by atoms with van der Waals surface area (Å²) in [6.45, 7) is 2.43. The van der Waals surface area contributed by atoms with Gasteiger partial charge in [-0.2, -0.15) is 0 Å². The Bertz CT molecular complexity index is 457. The Morgan fingerprint density at radius 2 is 2.00 bits per heavy atom. The lowest BCUT2D eigenvalue weighted by atomic mass is 10.1. The van der Waals surface area contributed by atoms with E-state index in [2.05, 4.69) is 22.2 Å². The first-order chi connectivity index (χ1) is 8.95. The van der Waals surface area contributed by atoms with Crippen molar-refractivity contribution in [3.05, 3.63) is 10.8 Å². The molecule has 0 fully saturated rings. The van der Waals surface area contributed by atoms with Crippen molar-refractivity contribution in [3.8, 4) is 0 Å². The molecule has 0 unspecified atom stereocenters. The van der Waals surface area contributed by atoms with Crippen LogP contribution in [0, 0.1) is 0 Å². The predicted molar refractivity (Wildman–Crippen MR) is 82.9 cm³/mol. The van der Waals surface area contributed by atoms with Crippen molar-refractivity contribution < 1.29 is 4.79 Å². The van der Waals surface area contributed by atoms with E-state index in [9.17, 15) is 4.79 Å². The molecule has 0 saturated heterocycles. The van der Waals surface area contributed by atoms with E-state index >= 15 is 0 Å². The average Bonchev–Trinajstić information content (AvgIpc) is 2.37. The van der Waals surface area contributed by atoms with Gasteiger partial charge in [-0.05, 0) is 6.42 Å². The molecule has 1 heterocycles. The maximum atomic E-state index is 11.9. The van der Waals surface area contributed by atoms with E-state index in [-0.39, 0.29) is 40.9 Å². The summed E-state index contributed by atoms with van der Waals surface area (Å²) in [4.78, 5) is 19.4. The zero-order valence-corrected chi connectivity index (χ0v) is 12.8. The van der Waals surface area contributed by atoms with Crippen LogP contribution >= 0.6 is 24.0 Å². The lowest BCUT2D eigenvalue weighted by Crippen LogP contribution is -2.37. The number of nitrogen functional groups attached to an aromatic ring is 2. The van der Waals surface area contributed by atoms with Gasteiger partial charge in [0, 0.05) is 12.6 Å². The summed E-state index contributed by atoms with van der Waals surface area (Å²) < 4.78 is 0. The minimum Gasteiger partial charge on any atom is -0.382 e. The summed E-state index contributed by atoms with van der Waals surface area (Å²) in [5.74, 6) is -0.518. The Hall–Kier alpha value is -1.31. The zero-order valence-electron chi connectivity index (χ0n) is 11.2. The van der Waals surface area contributed by atoms with Crippen molar-refractivity contribution in [1.29, 1.82) is 0 Å². The largest absolute Gasteiger partial charge is 0.382 e. The van der Waals surface area contributed by atoms with Gasteiger partial charge in [-0.1, -0.05) is 31.4 Å². The van der Waals surface area contributed by atoms with Gasteiger partial charge in [-0.3, -0.25) is 4.79 Å². The van der Waals surface area contributed by atoms with Crippen LogP contribution in [0.3, 0.4) is 0 Å². The summed E-state index contributed by atoms with van der Waals surface area (Å²) in [7, 11) is 0. The van der Waals surface area contributed by atoms with Crippen molar-refractivity contribution in [3.63, 3.8) is 0 Å². The first-order valence-corrected chi connectivity index (χ1v) is 6.45. The highest BCUT2D eigenvalue weighted by molar-refractivity contribution is 6.31. The van der Waals surface area contributed by atoms with Crippen LogP contribution in [-0.2, 0) is 0 Å². The number of carbonyl (C=O) groups is 1. The number of anilines is 2. The van der Waals surface area contributed by atoms with Gasteiger partial charge in [0.1, 0.15) is 0 Å². The number of hydrogen-bond donors (Lipinski definition) is 4. The lowest BCUT2D eigenvalue weighted by Gasteiger charge is -2.12. The molecule has 7 N–H and O–H groups in total. The number of halogens is 2. The fraction of sp³-hybridized carbons (Fsp3) is 0.545. The Balaban J connectivity index is 0.00000361. The normalized spacial score (nSPS) is 11.6. The summed E-state index contributed by atoms with van der Waals surface area (Å²) in [5, 5.41) is 2.60. The second-order valence-corrected chi connectivity index (χ2v) is 4.60. The molecule has 0 saturated carbocycles. The topological polar surface area (TPSA) is 133 Å². The number of rotatable bonds is 6. The second-order valence-electron chi connectivity index (χ2n) is 4.25. The smallest absolute Gasteiger partial charge is 0.273 e. The van der Waals surface area contributed by atoms with Crippen LogP contribution in [0.5, 0.6) is 0 Å². The number of carbonyl (C=O) groups excluding carboxylic acids is 1. The van der Waals surface area contributed by atoms with Crippen LogP contribution in [0.4, 0.5) is 11.6 Å². The van der Waals surface area contributed by atoms with E-state index in [1.54, 1.807) is 0 Å². The van der Waals surface area contributed by atoms with Gasteiger partial charge in [0.25, 0.3) is 5.91 Å². The van der Waals surface area contributed by atoms with Crippen LogP contribution in [0.15, 0.2) is 0 Å². The Labute approximate surface area is 129 Å². The Morgan fingerprint density at radius 3 is 2.60 bits per heavy atom. The van der Waals surface area contributed by atoms with Crippen molar-refractivity contribution in [2.45, 2.75) is 32.2 Å². The quantitative estimate of drug-likeness (QED) is 0.616. The first-order valence-electron chi connectivity index (χ1n) is 6.08. The molecule has 0 spiro atoms. The van der Waals surface area contributed by atoms with Gasteiger partial charge < -0.3 is 22.5 Å². The molecule has 0 radical (unpaired) electrons. The van der Waals surface area contributed by atoms with E-state index in [1.165, 1.54) is 0 Å². The molecule has 0 bridgehead atoms. The number of nitrogens with one attached hydrogen (secondary N) is 1. The molecule has 1 aromatic rings. The molecule has 0 aromatic carbocycles. The van der Waals surface area contributed by atoms with Crippen LogP contribution in [0.25, 0.3) is 0 Å². The summed E-state index contributed by atoms with van der Waals surface area (Å²) >= 11 is 5.70. The third-order valence-corrected chi connectivity index (χ3v) is 2.85. The van der Waals surface area contributed by atoms with Gasteiger partial charge in [0.05, 0.1) is 0 Å². The van der Waals surface area contributed by atoms with Crippen LogP contribution < -0.4 is 22.5 Å². The predicted octanol–water partition coefficient (Wildman–Crippen LogP) is 0.963. The molecule has 0 aliphatic heterocycles. The summed E-state index contributed by atoms with van der Waals surface area (Å²) in [6.07, 6.45) is 2.93. The first kappa shape index (κ1) is 18.7. The van der Waals surface area contributed by atoms with E-state index in [0.717, 1.165) is 19.3 Å². The van der Waals surface area contributed by atoms with Crippen molar-refractivity contribution >= 4 is 41.6 Å². The van der Waals surface area contributed by atoms with E-state index in [0.29, 0.717) is 6.54 Å². The van der Waals surface area contributed by atoms with Gasteiger partial charge in [-0.25, -0.2) is 9.97 Å². The van der Waals surface area contributed by atoms with Crippen molar-refractivity contribution in [2.75, 3.05) is 18.0 Å². The number of aromatic nitrogens is 2. The second kappa shape index (κ2) is 8.78. The third kappa shape index (κ3) is 5.36. The van der Waals surface area contributed by atoms with Crippen LogP contribution in [0.1, 0.15) is 36.7 Å². The van der Waals surface area contributed by atoms with E-state index < -0.39 is 5.91 Å². The molecule has 7 nitrogen and oxygen atoms in total. The van der Waals surface area contributed by atoms with Gasteiger partial charge in [0.2, 0.25) is 0 Å².